The molecule has 1 aromatic carbocycles. The smallest absolute Gasteiger partial charge is 0.317 e. The Bertz CT molecular complexity index is 1010. The van der Waals surface area contributed by atoms with E-state index >= 15 is 0 Å². The summed E-state index contributed by atoms with van der Waals surface area (Å²) in [5.74, 6) is -0.905. The molecule has 5 nitrogen and oxygen atoms in total. The van der Waals surface area contributed by atoms with Gasteiger partial charge in [-0.25, -0.2) is 4.98 Å². The van der Waals surface area contributed by atoms with Crippen LogP contribution in [0.25, 0.3) is 21.3 Å². The number of aromatic nitrogens is 2. The van der Waals surface area contributed by atoms with Gasteiger partial charge in [-0.05, 0) is 31.4 Å². The topological polar surface area (TPSA) is 83.0 Å². The predicted octanol–water partition coefficient (Wildman–Crippen LogP) is 4.22. The van der Waals surface area contributed by atoms with Crippen LogP contribution in [0.5, 0.6) is 0 Å². The summed E-state index contributed by atoms with van der Waals surface area (Å²) in [6.45, 7) is 5.86. The van der Waals surface area contributed by atoms with Crippen LogP contribution in [0.3, 0.4) is 0 Å². The highest BCUT2D eigenvalue weighted by Crippen LogP contribution is 2.34. The standard InChI is InChI=1S/C18H18N2O3S2/c1-4-13(17(22)23)25-18-19-15(21)14-12(8-24-16(14)20-18)11-6-5-9(2)7-10(11)3/h5-8,13H,4H2,1-3H3,(H,22,23)(H,19,20,21). The maximum Gasteiger partial charge on any atom is 0.317 e. The van der Waals surface area contributed by atoms with Crippen LogP contribution in [0.4, 0.5) is 0 Å². The van der Waals surface area contributed by atoms with E-state index < -0.39 is 11.2 Å². The molecule has 0 saturated carbocycles. The molecule has 0 bridgehead atoms. The molecule has 0 aliphatic carbocycles. The molecule has 0 aliphatic rings. The van der Waals surface area contributed by atoms with Gasteiger partial charge in [0.15, 0.2) is 5.16 Å². The maximum atomic E-state index is 12.6. The lowest BCUT2D eigenvalue weighted by molar-refractivity contribution is -0.136. The minimum absolute atomic E-state index is 0.232. The van der Waals surface area contributed by atoms with Crippen molar-refractivity contribution in [3.8, 4) is 11.1 Å². The fourth-order valence-corrected chi connectivity index (χ4v) is 4.57. The molecular formula is C18H18N2O3S2. The van der Waals surface area contributed by atoms with Crippen LogP contribution in [0.15, 0.2) is 33.5 Å². The molecule has 130 valence electrons. The number of carboxylic acids is 1. The molecular weight excluding hydrogens is 356 g/mol. The van der Waals surface area contributed by atoms with E-state index in [2.05, 4.69) is 16.0 Å². The Balaban J connectivity index is 2.08. The fourth-order valence-electron chi connectivity index (χ4n) is 2.74. The third-order valence-electron chi connectivity index (χ3n) is 3.99. The summed E-state index contributed by atoms with van der Waals surface area (Å²) in [6, 6.07) is 6.13. The number of nitrogens with zero attached hydrogens (tertiary/aromatic N) is 1. The van der Waals surface area contributed by atoms with Crippen LogP contribution < -0.4 is 5.56 Å². The molecule has 1 atom stereocenters. The summed E-state index contributed by atoms with van der Waals surface area (Å²) >= 11 is 2.48. The zero-order chi connectivity index (χ0) is 18.1. The van der Waals surface area contributed by atoms with Crippen molar-refractivity contribution in [3.63, 3.8) is 0 Å². The monoisotopic (exact) mass is 374 g/mol. The molecule has 7 heteroatoms. The van der Waals surface area contributed by atoms with Gasteiger partial charge in [0.05, 0.1) is 5.39 Å². The second-order valence-corrected chi connectivity index (χ2v) is 7.92. The van der Waals surface area contributed by atoms with Crippen molar-refractivity contribution in [1.29, 1.82) is 0 Å². The van der Waals surface area contributed by atoms with Crippen LogP contribution in [0, 0.1) is 13.8 Å². The number of rotatable bonds is 5. The molecule has 3 rings (SSSR count). The van der Waals surface area contributed by atoms with E-state index in [0.29, 0.717) is 21.8 Å². The SMILES string of the molecule is CCC(Sc1nc2scc(-c3ccc(C)cc3C)c2c(=O)[nH]1)C(=O)O. The molecule has 3 aromatic rings. The maximum absolute atomic E-state index is 12.6. The summed E-state index contributed by atoms with van der Waals surface area (Å²) in [7, 11) is 0. The van der Waals surface area contributed by atoms with Crippen LogP contribution in [-0.2, 0) is 4.79 Å². The molecule has 2 N–H and O–H groups in total. The van der Waals surface area contributed by atoms with Gasteiger partial charge in [-0.1, -0.05) is 42.4 Å². The number of H-pyrrole nitrogens is 1. The van der Waals surface area contributed by atoms with E-state index in [4.69, 9.17) is 0 Å². The van der Waals surface area contributed by atoms with Crippen molar-refractivity contribution in [1.82, 2.24) is 9.97 Å². The number of aliphatic carboxylic acids is 1. The van der Waals surface area contributed by atoms with E-state index in [1.54, 1.807) is 6.92 Å². The van der Waals surface area contributed by atoms with E-state index in [1.165, 1.54) is 16.9 Å². The Morgan fingerprint density at radius 1 is 1.36 bits per heavy atom. The van der Waals surface area contributed by atoms with Gasteiger partial charge >= 0.3 is 5.97 Å². The Morgan fingerprint density at radius 2 is 2.12 bits per heavy atom. The highest BCUT2D eigenvalue weighted by molar-refractivity contribution is 8.00. The number of nitrogens with one attached hydrogen (secondary N) is 1. The van der Waals surface area contributed by atoms with E-state index in [0.717, 1.165) is 28.5 Å². The first-order valence-corrected chi connectivity index (χ1v) is 9.65. The first-order chi connectivity index (χ1) is 11.9. The number of aryl methyl sites for hydroxylation is 2. The summed E-state index contributed by atoms with van der Waals surface area (Å²) in [5.41, 5.74) is 3.93. The van der Waals surface area contributed by atoms with Crippen molar-refractivity contribution in [2.24, 2.45) is 0 Å². The Hall–Kier alpha value is -2.12. The number of carbonyl (C=O) groups is 1. The molecule has 2 aromatic heterocycles. The predicted molar refractivity (Wildman–Crippen MR) is 103 cm³/mol. The second kappa shape index (κ2) is 7.01. The van der Waals surface area contributed by atoms with Crippen molar-refractivity contribution >= 4 is 39.3 Å². The first-order valence-electron chi connectivity index (χ1n) is 7.89. The number of benzene rings is 1. The highest BCUT2D eigenvalue weighted by Gasteiger charge is 2.20. The fraction of sp³-hybridized carbons (Fsp3) is 0.278. The first kappa shape index (κ1) is 17.7. The van der Waals surface area contributed by atoms with Crippen LogP contribution in [0.2, 0.25) is 0 Å². The van der Waals surface area contributed by atoms with Crippen molar-refractivity contribution < 1.29 is 9.90 Å². The number of hydrogen-bond donors (Lipinski definition) is 2. The zero-order valence-electron chi connectivity index (χ0n) is 14.1. The van der Waals surface area contributed by atoms with Gasteiger partial charge in [0.1, 0.15) is 10.1 Å². The quantitative estimate of drug-likeness (QED) is 0.516. The summed E-state index contributed by atoms with van der Waals surface area (Å²) in [5, 5.41) is 11.4. The van der Waals surface area contributed by atoms with Gasteiger partial charge in [0, 0.05) is 10.9 Å². The third kappa shape index (κ3) is 3.48. The Morgan fingerprint density at radius 3 is 2.76 bits per heavy atom. The average molecular weight is 374 g/mol. The lowest BCUT2D eigenvalue weighted by atomic mass is 9.99. The number of aromatic amines is 1. The van der Waals surface area contributed by atoms with Crippen molar-refractivity contribution in [2.45, 2.75) is 37.6 Å². The number of thioether (sulfide) groups is 1. The number of thiophene rings is 1. The van der Waals surface area contributed by atoms with Crippen LogP contribution in [0.1, 0.15) is 24.5 Å². The molecule has 25 heavy (non-hydrogen) atoms. The molecule has 0 amide bonds. The summed E-state index contributed by atoms with van der Waals surface area (Å²) in [6.07, 6.45) is 0.458. The molecule has 1 unspecified atom stereocenters. The van der Waals surface area contributed by atoms with Crippen molar-refractivity contribution in [3.05, 3.63) is 45.1 Å². The molecule has 0 saturated heterocycles. The third-order valence-corrected chi connectivity index (χ3v) is 6.10. The van der Waals surface area contributed by atoms with Gasteiger partial charge in [0.25, 0.3) is 5.56 Å². The van der Waals surface area contributed by atoms with Crippen molar-refractivity contribution in [2.75, 3.05) is 0 Å². The van der Waals surface area contributed by atoms with E-state index in [9.17, 15) is 14.7 Å². The summed E-state index contributed by atoms with van der Waals surface area (Å²) in [4.78, 5) is 31.6. The minimum Gasteiger partial charge on any atom is -0.480 e. The minimum atomic E-state index is -0.905. The largest absolute Gasteiger partial charge is 0.480 e. The lowest BCUT2D eigenvalue weighted by Crippen LogP contribution is -2.17. The van der Waals surface area contributed by atoms with Gasteiger partial charge in [-0.15, -0.1) is 11.3 Å². The normalized spacial score (nSPS) is 12.4. The van der Waals surface area contributed by atoms with Crippen LogP contribution in [-0.4, -0.2) is 26.3 Å². The Labute approximate surface area is 153 Å². The van der Waals surface area contributed by atoms with E-state index in [-0.39, 0.29) is 5.56 Å². The van der Waals surface area contributed by atoms with Gasteiger partial charge < -0.3 is 10.1 Å². The van der Waals surface area contributed by atoms with Gasteiger partial charge in [0.2, 0.25) is 0 Å². The van der Waals surface area contributed by atoms with Crippen LogP contribution >= 0.6 is 23.1 Å². The highest BCUT2D eigenvalue weighted by atomic mass is 32.2. The molecule has 0 spiro atoms. The number of carboxylic acid groups (broad SMARTS) is 1. The summed E-state index contributed by atoms with van der Waals surface area (Å²) < 4.78 is 0. The van der Waals surface area contributed by atoms with E-state index in [1.807, 2.05) is 31.4 Å². The lowest BCUT2D eigenvalue weighted by Gasteiger charge is -2.08. The molecule has 0 fully saturated rings. The second-order valence-electron chi connectivity index (χ2n) is 5.87. The number of hydrogen-bond acceptors (Lipinski definition) is 5. The molecule has 0 radical (unpaired) electrons. The Kier molecular flexibility index (Phi) is 4.96. The van der Waals surface area contributed by atoms with Gasteiger partial charge in [-0.3, -0.25) is 9.59 Å². The molecule has 2 heterocycles. The van der Waals surface area contributed by atoms with Gasteiger partial charge in [-0.2, -0.15) is 0 Å². The zero-order valence-corrected chi connectivity index (χ0v) is 15.8. The average Bonchev–Trinajstić information content (AvgIpc) is 2.96. The number of fused-ring (bicyclic) bond motifs is 1. The molecule has 0 aliphatic heterocycles.